The van der Waals surface area contributed by atoms with Gasteiger partial charge in [-0.3, -0.25) is 4.79 Å². The van der Waals surface area contributed by atoms with Crippen molar-refractivity contribution >= 4 is 34.4 Å². The molecule has 2 aliphatic rings. The van der Waals surface area contributed by atoms with Gasteiger partial charge < -0.3 is 14.6 Å². The Kier molecular flexibility index (Phi) is 4.54. The molecular weight excluding hydrogens is 420 g/mol. The van der Waals surface area contributed by atoms with Gasteiger partial charge in [0.1, 0.15) is 11.2 Å². The first kappa shape index (κ1) is 19.5. The number of hydrogen-bond donors (Lipinski definition) is 1. The van der Waals surface area contributed by atoms with Gasteiger partial charge in [0.2, 0.25) is 0 Å². The van der Waals surface area contributed by atoms with Crippen molar-refractivity contribution in [2.75, 3.05) is 18.4 Å². The van der Waals surface area contributed by atoms with Gasteiger partial charge >= 0.3 is 0 Å². The summed E-state index contributed by atoms with van der Waals surface area (Å²) in [5.74, 6) is 1.16. The Morgan fingerprint density at radius 3 is 2.81 bits per heavy atom. The largest absolute Gasteiger partial charge is 0.424 e. The minimum atomic E-state index is 0.0316. The Labute approximate surface area is 190 Å². The van der Waals surface area contributed by atoms with E-state index < -0.39 is 0 Å². The summed E-state index contributed by atoms with van der Waals surface area (Å²) < 4.78 is 5.81. The Morgan fingerprint density at radius 2 is 1.97 bits per heavy atom. The zero-order valence-electron chi connectivity index (χ0n) is 18.0. The SMILES string of the molecule is Cc1nc(C(=O)N2CC3CC3C2CNc2nc3ccccc3o2)c(-c2ccccc2C)s1. The third-order valence-corrected chi connectivity index (χ3v) is 7.65. The van der Waals surface area contributed by atoms with Gasteiger partial charge in [0, 0.05) is 13.1 Å². The van der Waals surface area contributed by atoms with E-state index in [4.69, 9.17) is 4.42 Å². The number of aromatic nitrogens is 2. The molecule has 1 aliphatic heterocycles. The van der Waals surface area contributed by atoms with Gasteiger partial charge in [0.05, 0.1) is 15.9 Å². The minimum Gasteiger partial charge on any atom is -0.424 e. The maximum Gasteiger partial charge on any atom is 0.295 e. The second kappa shape index (κ2) is 7.45. The van der Waals surface area contributed by atoms with Crippen LogP contribution in [-0.2, 0) is 0 Å². The molecule has 1 aliphatic carbocycles. The quantitative estimate of drug-likeness (QED) is 0.461. The fourth-order valence-electron chi connectivity index (χ4n) is 4.92. The van der Waals surface area contributed by atoms with Gasteiger partial charge in [-0.2, -0.15) is 4.98 Å². The third-order valence-electron chi connectivity index (χ3n) is 6.65. The number of oxazole rings is 1. The van der Waals surface area contributed by atoms with Crippen molar-refractivity contribution in [3.63, 3.8) is 0 Å². The van der Waals surface area contributed by atoms with Crippen molar-refractivity contribution in [1.29, 1.82) is 0 Å². The number of carbonyl (C=O) groups excluding carboxylic acids is 1. The number of piperidine rings is 1. The number of amides is 1. The molecule has 7 heteroatoms. The number of benzene rings is 2. The van der Waals surface area contributed by atoms with Crippen molar-refractivity contribution in [3.05, 3.63) is 64.8 Å². The molecule has 162 valence electrons. The van der Waals surface area contributed by atoms with Gasteiger partial charge in [-0.25, -0.2) is 4.98 Å². The molecule has 1 amide bonds. The molecule has 1 saturated heterocycles. The first-order valence-electron chi connectivity index (χ1n) is 11.0. The van der Waals surface area contributed by atoms with Gasteiger partial charge in [-0.15, -0.1) is 11.3 Å². The van der Waals surface area contributed by atoms with Crippen LogP contribution >= 0.6 is 11.3 Å². The zero-order chi connectivity index (χ0) is 21.8. The number of likely N-dealkylation sites (tertiary alicyclic amines) is 1. The van der Waals surface area contributed by atoms with Crippen molar-refractivity contribution in [3.8, 4) is 10.4 Å². The van der Waals surface area contributed by atoms with E-state index in [1.165, 1.54) is 6.42 Å². The number of hydrogen-bond acceptors (Lipinski definition) is 6. The van der Waals surface area contributed by atoms with E-state index >= 15 is 0 Å². The molecule has 32 heavy (non-hydrogen) atoms. The lowest BCUT2D eigenvalue weighted by Gasteiger charge is -2.27. The molecule has 2 fully saturated rings. The summed E-state index contributed by atoms with van der Waals surface area (Å²) in [6.45, 7) is 5.48. The highest BCUT2D eigenvalue weighted by Gasteiger charge is 2.54. The lowest BCUT2D eigenvalue weighted by atomic mass is 10.1. The molecule has 0 spiro atoms. The highest BCUT2D eigenvalue weighted by Crippen LogP contribution is 2.50. The molecule has 3 unspecified atom stereocenters. The van der Waals surface area contributed by atoms with E-state index in [1.807, 2.05) is 48.2 Å². The predicted octanol–water partition coefficient (Wildman–Crippen LogP) is 5.14. The summed E-state index contributed by atoms with van der Waals surface area (Å²) in [6, 6.07) is 16.6. The first-order valence-corrected chi connectivity index (χ1v) is 11.8. The molecule has 6 nitrogen and oxygen atoms in total. The smallest absolute Gasteiger partial charge is 0.295 e. The van der Waals surface area contributed by atoms with Crippen LogP contribution in [0.1, 0.15) is 27.5 Å². The monoisotopic (exact) mass is 444 g/mol. The third kappa shape index (κ3) is 3.28. The van der Waals surface area contributed by atoms with Crippen LogP contribution in [0.2, 0.25) is 0 Å². The van der Waals surface area contributed by atoms with Crippen LogP contribution in [0.3, 0.4) is 0 Å². The van der Waals surface area contributed by atoms with Crippen molar-refractivity contribution < 1.29 is 9.21 Å². The Morgan fingerprint density at radius 1 is 1.16 bits per heavy atom. The van der Waals surface area contributed by atoms with E-state index in [2.05, 4.69) is 34.3 Å². The molecule has 2 aromatic carbocycles. The van der Waals surface area contributed by atoms with Crippen molar-refractivity contribution in [2.24, 2.45) is 11.8 Å². The second-order valence-corrected chi connectivity index (χ2v) is 9.98. The molecule has 1 saturated carbocycles. The molecule has 3 heterocycles. The number of anilines is 1. The highest BCUT2D eigenvalue weighted by molar-refractivity contribution is 7.15. The number of fused-ring (bicyclic) bond motifs is 2. The summed E-state index contributed by atoms with van der Waals surface area (Å²) in [6.07, 6.45) is 1.18. The van der Waals surface area contributed by atoms with Crippen LogP contribution in [0.4, 0.5) is 6.01 Å². The molecule has 6 rings (SSSR count). The van der Waals surface area contributed by atoms with Gasteiger partial charge in [0.15, 0.2) is 5.58 Å². The summed E-state index contributed by atoms with van der Waals surface area (Å²) >= 11 is 1.60. The maximum atomic E-state index is 13.7. The van der Waals surface area contributed by atoms with E-state index in [9.17, 15) is 4.79 Å². The van der Waals surface area contributed by atoms with Crippen LogP contribution in [0.5, 0.6) is 0 Å². The fraction of sp³-hybridized carbons (Fsp3) is 0.320. The van der Waals surface area contributed by atoms with E-state index in [1.54, 1.807) is 11.3 Å². The topological polar surface area (TPSA) is 71.3 Å². The molecule has 1 N–H and O–H groups in total. The number of carbonyl (C=O) groups is 1. The Bertz CT molecular complexity index is 1290. The van der Waals surface area contributed by atoms with Crippen molar-refractivity contribution in [1.82, 2.24) is 14.9 Å². The summed E-state index contributed by atoms with van der Waals surface area (Å²) in [4.78, 5) is 25.9. The highest BCUT2D eigenvalue weighted by atomic mass is 32.1. The lowest BCUT2D eigenvalue weighted by Crippen LogP contribution is -2.42. The summed E-state index contributed by atoms with van der Waals surface area (Å²) in [5, 5.41) is 4.25. The first-order chi connectivity index (χ1) is 15.6. The minimum absolute atomic E-state index is 0.0316. The molecule has 3 atom stereocenters. The number of nitrogens with one attached hydrogen (secondary N) is 1. The maximum absolute atomic E-state index is 13.7. The fourth-order valence-corrected chi connectivity index (χ4v) is 5.93. The van der Waals surface area contributed by atoms with Crippen LogP contribution in [-0.4, -0.2) is 39.9 Å². The normalized spacial score (nSPS) is 21.7. The number of rotatable bonds is 5. The summed E-state index contributed by atoms with van der Waals surface area (Å²) in [7, 11) is 0. The van der Waals surface area contributed by atoms with Crippen LogP contribution in [0.25, 0.3) is 21.5 Å². The van der Waals surface area contributed by atoms with Crippen LogP contribution in [0, 0.1) is 25.7 Å². The standard InChI is InChI=1S/C25H24N4O2S/c1-14-7-3-4-8-17(14)23-22(27-15(2)32-23)24(30)29-13-16-11-18(16)20(29)12-26-25-28-19-9-5-6-10-21(19)31-25/h3-10,16,18,20H,11-13H2,1-2H3,(H,26,28). The number of nitrogens with zero attached hydrogens (tertiary/aromatic N) is 3. The predicted molar refractivity (Wildman–Crippen MR) is 126 cm³/mol. The molecule has 0 bridgehead atoms. The average molecular weight is 445 g/mol. The van der Waals surface area contributed by atoms with E-state index in [0.717, 1.165) is 38.7 Å². The zero-order valence-corrected chi connectivity index (χ0v) is 18.9. The molecule has 4 aromatic rings. The number of aryl methyl sites for hydroxylation is 2. The number of thiazole rings is 1. The summed E-state index contributed by atoms with van der Waals surface area (Å²) in [5.41, 5.74) is 4.42. The van der Waals surface area contributed by atoms with Gasteiger partial charge in [-0.1, -0.05) is 36.4 Å². The lowest BCUT2D eigenvalue weighted by molar-refractivity contribution is 0.0710. The van der Waals surface area contributed by atoms with Crippen LogP contribution in [0.15, 0.2) is 52.9 Å². The Balaban J connectivity index is 1.26. The second-order valence-electron chi connectivity index (χ2n) is 8.78. The van der Waals surface area contributed by atoms with Gasteiger partial charge in [-0.05, 0) is 55.4 Å². The Hall–Kier alpha value is -3.19. The van der Waals surface area contributed by atoms with E-state index in [0.29, 0.717) is 30.1 Å². The molecular formula is C25H24N4O2S. The number of para-hydroxylation sites is 2. The molecule has 0 radical (unpaired) electrons. The van der Waals surface area contributed by atoms with Gasteiger partial charge in [0.25, 0.3) is 11.9 Å². The van der Waals surface area contributed by atoms with Crippen LogP contribution < -0.4 is 5.32 Å². The average Bonchev–Trinajstić information content (AvgIpc) is 3.11. The van der Waals surface area contributed by atoms with Crippen molar-refractivity contribution in [2.45, 2.75) is 26.3 Å². The van der Waals surface area contributed by atoms with E-state index in [-0.39, 0.29) is 11.9 Å². The molecule has 2 aromatic heterocycles.